The summed E-state index contributed by atoms with van der Waals surface area (Å²) in [5, 5.41) is 0. The summed E-state index contributed by atoms with van der Waals surface area (Å²) in [5.41, 5.74) is -10.9. The number of hydrogen-bond acceptors (Lipinski definition) is 2. The van der Waals surface area contributed by atoms with Gasteiger partial charge in [-0.25, -0.2) is 9.18 Å². The molecule has 0 amide bonds. The van der Waals surface area contributed by atoms with E-state index in [0.717, 1.165) is 0 Å². The third kappa shape index (κ3) is 4.98. The minimum atomic E-state index is -9.73. The van der Waals surface area contributed by atoms with E-state index in [1.807, 2.05) is 0 Å². The van der Waals surface area contributed by atoms with E-state index in [4.69, 9.17) is 0 Å². The van der Waals surface area contributed by atoms with Gasteiger partial charge >= 0.3 is 77.5 Å². The highest BCUT2D eigenvalue weighted by Gasteiger charge is 3.01. The lowest BCUT2D eigenvalue weighted by Gasteiger charge is -2.46. The van der Waals surface area contributed by atoms with E-state index in [1.165, 1.54) is 0 Å². The molecule has 0 spiro atoms. The van der Waals surface area contributed by atoms with Gasteiger partial charge in [-0.2, -0.15) is 105 Å². The normalized spacial score (nSPS) is 17.4. The fourth-order valence-corrected chi connectivity index (χ4v) is 2.44. The second kappa shape index (κ2) is 9.98. The quantitative estimate of drug-likeness (QED) is 0.129. The molecule has 0 rings (SSSR count). The molecule has 0 aromatic carbocycles. The van der Waals surface area contributed by atoms with Crippen molar-refractivity contribution >= 4 is 5.97 Å². The first kappa shape index (κ1) is 40.5. The van der Waals surface area contributed by atoms with Crippen molar-refractivity contribution in [1.82, 2.24) is 0 Å². The van der Waals surface area contributed by atoms with Gasteiger partial charge in [0.1, 0.15) is 0 Å². The first-order valence-electron chi connectivity index (χ1n) is 9.19. The van der Waals surface area contributed by atoms with Gasteiger partial charge in [0.2, 0.25) is 0 Å². The lowest BCUT2D eigenvalue weighted by atomic mass is 9.82. The molecule has 256 valence electrons. The summed E-state index contributed by atoms with van der Waals surface area (Å²) in [6.45, 7) is 2.30. The molecule has 2 nitrogen and oxygen atoms in total. The smallest absolute Gasteiger partial charge is 0.411 e. The lowest BCUT2D eigenvalue weighted by Crippen LogP contribution is -2.79. The van der Waals surface area contributed by atoms with Crippen LogP contribution in [0.5, 0.6) is 0 Å². The second-order valence-corrected chi connectivity index (χ2v) is 7.94. The predicted octanol–water partition coefficient (Wildman–Crippen LogP) is 8.61. The summed E-state index contributed by atoms with van der Waals surface area (Å²) in [6.07, 6.45) is -25.3. The molecular weight excluding hydrogens is 699 g/mol. The SMILES string of the molecule is C=C(C)C(=O)OC(F)(C(F)(F)F)C(F)(F)C(F)(F)C(F)(F)C(F)(F)C(F)(F)C(F)(F)C(F)(F)C(F)(C(F)(F)F)C(F)(F)F. The molecule has 1 atom stereocenters. The van der Waals surface area contributed by atoms with Gasteiger partial charge in [0.25, 0.3) is 0 Å². The van der Waals surface area contributed by atoms with Crippen LogP contribution >= 0.6 is 0 Å². The molecule has 43 heavy (non-hydrogen) atoms. The van der Waals surface area contributed by atoms with Gasteiger partial charge in [0.05, 0.1) is 0 Å². The molecule has 1 unspecified atom stereocenters. The molecule has 0 aliphatic heterocycles. The Morgan fingerprint density at radius 2 is 0.651 bits per heavy atom. The Morgan fingerprint density at radius 1 is 0.419 bits per heavy atom. The zero-order chi connectivity index (χ0) is 35.9. The minimum absolute atomic E-state index is 0.0633. The van der Waals surface area contributed by atoms with Gasteiger partial charge in [-0.05, 0) is 6.92 Å². The van der Waals surface area contributed by atoms with Crippen molar-refractivity contribution < 1.29 is 119 Å². The Kier molecular flexibility index (Phi) is 9.39. The number of halogens is 25. The van der Waals surface area contributed by atoms with Crippen LogP contribution in [0.15, 0.2) is 12.2 Å². The van der Waals surface area contributed by atoms with E-state index in [-0.39, 0.29) is 6.92 Å². The largest absolute Gasteiger partial charge is 0.467 e. The molecule has 0 aliphatic carbocycles. The van der Waals surface area contributed by atoms with E-state index >= 15 is 0 Å². The number of esters is 1. The molecule has 0 radical (unpaired) electrons. The number of rotatable bonds is 10. The van der Waals surface area contributed by atoms with Gasteiger partial charge in [-0.15, -0.1) is 0 Å². The molecule has 0 aromatic rings. The van der Waals surface area contributed by atoms with Crippen LogP contribution < -0.4 is 0 Å². The van der Waals surface area contributed by atoms with Gasteiger partial charge < -0.3 is 4.74 Å². The highest BCUT2D eigenvalue weighted by molar-refractivity contribution is 5.87. The number of alkyl halides is 25. The molecule has 0 saturated carbocycles. The Balaban J connectivity index is 7.65. The Labute approximate surface area is 217 Å². The Bertz CT molecular complexity index is 1060. The topological polar surface area (TPSA) is 26.3 Å². The summed E-state index contributed by atoms with van der Waals surface area (Å²) in [4.78, 5) is 11.0. The number of hydrogen-bond donors (Lipinski definition) is 0. The van der Waals surface area contributed by atoms with Crippen molar-refractivity contribution in [3.8, 4) is 0 Å². The third-order valence-corrected chi connectivity index (χ3v) is 4.93. The molecule has 0 bridgehead atoms. The van der Waals surface area contributed by atoms with Crippen LogP contribution in [0.1, 0.15) is 6.92 Å². The first-order chi connectivity index (χ1) is 18.1. The van der Waals surface area contributed by atoms with Crippen LogP contribution in [0.4, 0.5) is 110 Å². The Hall–Kier alpha value is -2.54. The average molecular weight is 704 g/mol. The van der Waals surface area contributed by atoms with Crippen molar-refractivity contribution in [3.63, 3.8) is 0 Å². The fourth-order valence-electron chi connectivity index (χ4n) is 2.44. The minimum Gasteiger partial charge on any atom is -0.411 e. The van der Waals surface area contributed by atoms with Crippen LogP contribution in [0.25, 0.3) is 0 Å². The highest BCUT2D eigenvalue weighted by atomic mass is 19.4. The summed E-state index contributed by atoms with van der Waals surface area (Å²) in [7, 11) is 0. The van der Waals surface area contributed by atoms with Crippen molar-refractivity contribution in [2.75, 3.05) is 0 Å². The molecule has 0 heterocycles. The number of ether oxygens (including phenoxy) is 1. The predicted molar refractivity (Wildman–Crippen MR) is 81.4 cm³/mol. The lowest BCUT2D eigenvalue weighted by molar-refractivity contribution is -0.490. The van der Waals surface area contributed by atoms with Crippen LogP contribution in [-0.2, 0) is 9.53 Å². The monoisotopic (exact) mass is 704 g/mol. The van der Waals surface area contributed by atoms with Gasteiger partial charge in [-0.1, -0.05) is 6.58 Å². The summed E-state index contributed by atoms with van der Waals surface area (Å²) in [6, 6.07) is 0. The zero-order valence-electron chi connectivity index (χ0n) is 19.0. The maximum Gasteiger partial charge on any atom is 0.467 e. The van der Waals surface area contributed by atoms with Crippen molar-refractivity contribution in [1.29, 1.82) is 0 Å². The maximum absolute atomic E-state index is 14.1. The van der Waals surface area contributed by atoms with E-state index < -0.39 is 83.1 Å². The third-order valence-electron chi connectivity index (χ3n) is 4.93. The van der Waals surface area contributed by atoms with E-state index in [9.17, 15) is 115 Å². The maximum atomic E-state index is 14.1. The fraction of sp³-hybridized carbons (Fsp3) is 0.812. The van der Waals surface area contributed by atoms with Crippen molar-refractivity contribution in [3.05, 3.63) is 12.2 Å². The Morgan fingerprint density at radius 3 is 0.860 bits per heavy atom. The van der Waals surface area contributed by atoms with Gasteiger partial charge in [0.15, 0.2) is 0 Å². The summed E-state index contributed by atoms with van der Waals surface area (Å²) in [5.74, 6) is -78.0. The first-order valence-corrected chi connectivity index (χ1v) is 9.19. The van der Waals surface area contributed by atoms with Crippen LogP contribution in [-0.4, -0.2) is 77.5 Å². The standard InChI is InChI=1S/C16H5F25O2/c1-3(2)4(42)43-13(32,16(39,40)41)12(30,31)11(28,29)10(26,27)9(24,25)8(22,23)7(20,21)6(18,19)5(17,14(33,34)35)15(36,37)38/h1H2,2H3. The zero-order valence-corrected chi connectivity index (χ0v) is 19.0. The van der Waals surface area contributed by atoms with Gasteiger partial charge in [0, 0.05) is 5.57 Å². The summed E-state index contributed by atoms with van der Waals surface area (Å²) < 4.78 is 335. The van der Waals surface area contributed by atoms with Crippen LogP contribution in [0.2, 0.25) is 0 Å². The van der Waals surface area contributed by atoms with E-state index in [1.54, 1.807) is 0 Å². The second-order valence-electron chi connectivity index (χ2n) is 7.94. The van der Waals surface area contributed by atoms with E-state index in [2.05, 4.69) is 11.3 Å². The average Bonchev–Trinajstić information content (AvgIpc) is 2.74. The van der Waals surface area contributed by atoms with Crippen LogP contribution in [0, 0.1) is 0 Å². The highest BCUT2D eigenvalue weighted by Crippen LogP contribution is 2.68. The molecule has 0 aliphatic rings. The van der Waals surface area contributed by atoms with Crippen molar-refractivity contribution in [2.24, 2.45) is 0 Å². The molecule has 0 fully saturated rings. The molecular formula is C16H5F25O2. The van der Waals surface area contributed by atoms with Crippen LogP contribution in [0.3, 0.4) is 0 Å². The van der Waals surface area contributed by atoms with Gasteiger partial charge in [-0.3, -0.25) is 0 Å². The number of carbonyl (C=O) groups excluding carboxylic acids is 1. The molecule has 0 N–H and O–H groups in total. The molecule has 0 aromatic heterocycles. The van der Waals surface area contributed by atoms with Crippen molar-refractivity contribution in [2.45, 2.75) is 78.4 Å². The van der Waals surface area contributed by atoms with E-state index in [0.29, 0.717) is 0 Å². The molecule has 27 heteroatoms. The number of carbonyl (C=O) groups is 1. The summed E-state index contributed by atoms with van der Waals surface area (Å²) >= 11 is 0. The molecule has 0 saturated heterocycles.